The topological polar surface area (TPSA) is 101 Å². The van der Waals surface area contributed by atoms with Crippen LogP contribution < -0.4 is 4.74 Å². The van der Waals surface area contributed by atoms with Crippen molar-refractivity contribution < 1.29 is 19.4 Å². The monoisotopic (exact) mass is 421 g/mol. The van der Waals surface area contributed by atoms with Crippen molar-refractivity contribution in [2.24, 2.45) is 0 Å². The van der Waals surface area contributed by atoms with Crippen molar-refractivity contribution >= 4 is 12.0 Å². The second kappa shape index (κ2) is 8.97. The first kappa shape index (κ1) is 20.5. The number of pyridine rings is 1. The van der Waals surface area contributed by atoms with Gasteiger partial charge in [0, 0.05) is 50.7 Å². The Balaban J connectivity index is 1.32. The Hall–Kier alpha value is -3.72. The molecule has 31 heavy (non-hydrogen) atoms. The van der Waals surface area contributed by atoms with E-state index in [0.29, 0.717) is 32.1 Å². The molecule has 1 aliphatic heterocycles. The number of piperazine rings is 1. The summed E-state index contributed by atoms with van der Waals surface area (Å²) in [6, 6.07) is 14.6. The molecule has 0 unspecified atom stereocenters. The summed E-state index contributed by atoms with van der Waals surface area (Å²) < 4.78 is 6.95. The van der Waals surface area contributed by atoms with Gasteiger partial charge in [-0.25, -0.2) is 14.6 Å². The molecule has 4 rings (SSSR count). The highest BCUT2D eigenvalue weighted by molar-refractivity contribution is 5.86. The molecule has 160 valence electrons. The van der Waals surface area contributed by atoms with Crippen LogP contribution in [0.4, 0.5) is 4.79 Å². The molecular weight excluding hydrogens is 398 g/mol. The summed E-state index contributed by atoms with van der Waals surface area (Å²) in [5.74, 6) is 0.145. The summed E-state index contributed by atoms with van der Waals surface area (Å²) in [6.45, 7) is 5.18. The molecule has 2 aromatic heterocycles. The van der Waals surface area contributed by atoms with E-state index in [1.165, 1.54) is 12.3 Å². The number of aromatic carboxylic acids is 1. The Kier molecular flexibility index (Phi) is 5.94. The molecule has 9 nitrogen and oxygen atoms in total. The van der Waals surface area contributed by atoms with Crippen LogP contribution >= 0.6 is 0 Å². The van der Waals surface area contributed by atoms with Crippen molar-refractivity contribution in [1.29, 1.82) is 0 Å². The van der Waals surface area contributed by atoms with E-state index in [1.807, 2.05) is 49.4 Å². The number of rotatable bonds is 5. The lowest BCUT2D eigenvalue weighted by Gasteiger charge is -2.34. The first-order chi connectivity index (χ1) is 15.0. The van der Waals surface area contributed by atoms with Crippen LogP contribution in [0.5, 0.6) is 11.6 Å². The number of aryl methyl sites for hydroxylation is 1. The zero-order chi connectivity index (χ0) is 21.8. The van der Waals surface area contributed by atoms with Crippen LogP contribution in [0, 0.1) is 6.92 Å². The van der Waals surface area contributed by atoms with Crippen LogP contribution in [0.3, 0.4) is 0 Å². The number of benzene rings is 1. The third kappa shape index (κ3) is 5.07. The Morgan fingerprint density at radius 1 is 1.06 bits per heavy atom. The molecule has 0 bridgehead atoms. The number of hydrogen-bond acceptors (Lipinski definition) is 6. The van der Waals surface area contributed by atoms with Gasteiger partial charge in [-0.2, -0.15) is 9.78 Å². The van der Waals surface area contributed by atoms with E-state index in [1.54, 1.807) is 4.90 Å². The zero-order valence-corrected chi connectivity index (χ0v) is 17.1. The molecule has 0 spiro atoms. The van der Waals surface area contributed by atoms with Gasteiger partial charge in [-0.05, 0) is 36.8 Å². The summed E-state index contributed by atoms with van der Waals surface area (Å²) >= 11 is 0. The second-order valence-electron chi connectivity index (χ2n) is 7.36. The molecule has 9 heteroatoms. The number of carbonyl (C=O) groups is 2. The molecule has 1 fully saturated rings. The molecule has 3 aromatic rings. The number of amides is 1. The normalized spacial score (nSPS) is 14.4. The van der Waals surface area contributed by atoms with E-state index in [2.05, 4.69) is 15.0 Å². The van der Waals surface area contributed by atoms with Gasteiger partial charge in [0.1, 0.15) is 5.75 Å². The Bertz CT molecular complexity index is 1090. The van der Waals surface area contributed by atoms with E-state index in [0.717, 1.165) is 28.2 Å². The number of aromatic nitrogens is 3. The van der Waals surface area contributed by atoms with Crippen molar-refractivity contribution in [1.82, 2.24) is 24.6 Å². The van der Waals surface area contributed by atoms with Crippen LogP contribution in [-0.4, -0.2) is 67.9 Å². The average Bonchev–Trinajstić information content (AvgIpc) is 3.25. The molecule has 0 radical (unpaired) electrons. The third-order valence-corrected chi connectivity index (χ3v) is 5.04. The molecule has 0 saturated carbocycles. The summed E-state index contributed by atoms with van der Waals surface area (Å²) in [5, 5.41) is 12.8. The zero-order valence-electron chi connectivity index (χ0n) is 17.1. The molecule has 1 aromatic carbocycles. The fourth-order valence-electron chi connectivity index (χ4n) is 3.45. The number of carboxylic acids is 1. The van der Waals surface area contributed by atoms with Crippen LogP contribution in [0.2, 0.25) is 0 Å². The van der Waals surface area contributed by atoms with Gasteiger partial charge < -0.3 is 14.7 Å². The first-order valence-electron chi connectivity index (χ1n) is 9.99. The summed E-state index contributed by atoms with van der Waals surface area (Å²) in [6.07, 6.45) is 1.38. The fraction of sp³-hybridized carbons (Fsp3) is 0.273. The van der Waals surface area contributed by atoms with Gasteiger partial charge in [0.15, 0.2) is 5.69 Å². The van der Waals surface area contributed by atoms with E-state index >= 15 is 0 Å². The average molecular weight is 421 g/mol. The van der Waals surface area contributed by atoms with Crippen LogP contribution in [-0.2, 0) is 6.54 Å². The Morgan fingerprint density at radius 3 is 2.55 bits per heavy atom. The van der Waals surface area contributed by atoms with Crippen molar-refractivity contribution in [3.8, 4) is 11.6 Å². The number of nitrogens with zero attached hydrogens (tertiary/aromatic N) is 5. The van der Waals surface area contributed by atoms with Gasteiger partial charge in [-0.1, -0.05) is 18.2 Å². The predicted molar refractivity (Wildman–Crippen MR) is 112 cm³/mol. The van der Waals surface area contributed by atoms with Gasteiger partial charge in [0.25, 0.3) is 0 Å². The highest BCUT2D eigenvalue weighted by Crippen LogP contribution is 2.22. The molecule has 1 amide bonds. The minimum Gasteiger partial charge on any atom is -0.476 e. The quantitative estimate of drug-likeness (QED) is 0.676. The molecule has 0 atom stereocenters. The molecule has 3 heterocycles. The third-order valence-electron chi connectivity index (χ3n) is 5.04. The highest BCUT2D eigenvalue weighted by atomic mass is 16.5. The summed E-state index contributed by atoms with van der Waals surface area (Å²) in [4.78, 5) is 31.8. The van der Waals surface area contributed by atoms with Gasteiger partial charge in [-0.15, -0.1) is 0 Å². The van der Waals surface area contributed by atoms with Crippen molar-refractivity contribution in [3.63, 3.8) is 0 Å². The molecule has 0 aliphatic carbocycles. The largest absolute Gasteiger partial charge is 0.476 e. The van der Waals surface area contributed by atoms with E-state index in [4.69, 9.17) is 9.84 Å². The second-order valence-corrected chi connectivity index (χ2v) is 7.36. The van der Waals surface area contributed by atoms with Gasteiger partial charge in [-0.3, -0.25) is 4.90 Å². The number of hydrogen-bond donors (Lipinski definition) is 1. The fourth-order valence-corrected chi connectivity index (χ4v) is 3.45. The van der Waals surface area contributed by atoms with E-state index in [9.17, 15) is 9.59 Å². The van der Waals surface area contributed by atoms with Crippen LogP contribution in [0.15, 0.2) is 54.7 Å². The van der Waals surface area contributed by atoms with E-state index < -0.39 is 5.97 Å². The number of ether oxygens (including phenoxy) is 1. The standard InChI is InChI=1S/C22H23N5O4/c1-16-4-2-7-20(23-16)31-18-6-3-5-17(14-18)15-25-10-12-26(13-11-25)22(30)27-9-8-19(24-27)21(28)29/h2-9,14H,10-13,15H2,1H3,(H,28,29). The van der Waals surface area contributed by atoms with Gasteiger partial charge in [0.2, 0.25) is 5.88 Å². The van der Waals surface area contributed by atoms with Crippen molar-refractivity contribution in [2.45, 2.75) is 13.5 Å². The van der Waals surface area contributed by atoms with Gasteiger partial charge >= 0.3 is 12.0 Å². The Morgan fingerprint density at radius 2 is 1.84 bits per heavy atom. The predicted octanol–water partition coefficient (Wildman–Crippen LogP) is 2.86. The smallest absolute Gasteiger partial charge is 0.356 e. The molecular formula is C22H23N5O4. The van der Waals surface area contributed by atoms with E-state index in [-0.39, 0.29) is 11.7 Å². The molecule has 1 aliphatic rings. The molecule has 1 saturated heterocycles. The molecule has 1 N–H and O–H groups in total. The maximum Gasteiger partial charge on any atom is 0.356 e. The van der Waals surface area contributed by atoms with Crippen LogP contribution in [0.1, 0.15) is 21.7 Å². The lowest BCUT2D eigenvalue weighted by atomic mass is 10.2. The maximum atomic E-state index is 12.5. The lowest BCUT2D eigenvalue weighted by molar-refractivity contribution is 0.0689. The minimum absolute atomic E-state index is 0.144. The van der Waals surface area contributed by atoms with Crippen molar-refractivity contribution in [2.75, 3.05) is 26.2 Å². The van der Waals surface area contributed by atoms with Crippen LogP contribution in [0.25, 0.3) is 0 Å². The summed E-state index contributed by atoms with van der Waals surface area (Å²) in [5.41, 5.74) is 1.87. The summed E-state index contributed by atoms with van der Waals surface area (Å²) in [7, 11) is 0. The number of carboxylic acid groups (broad SMARTS) is 1. The maximum absolute atomic E-state index is 12.5. The SMILES string of the molecule is Cc1cccc(Oc2cccc(CN3CCN(C(=O)n4ccc(C(=O)O)n4)CC3)c2)n1. The first-order valence-corrected chi connectivity index (χ1v) is 9.99. The van der Waals surface area contributed by atoms with Crippen molar-refractivity contribution in [3.05, 3.63) is 71.7 Å². The minimum atomic E-state index is -1.15. The Labute approximate surface area is 179 Å². The number of carbonyl (C=O) groups excluding carboxylic acids is 1. The highest BCUT2D eigenvalue weighted by Gasteiger charge is 2.23. The van der Waals surface area contributed by atoms with Gasteiger partial charge in [0.05, 0.1) is 0 Å². The lowest BCUT2D eigenvalue weighted by Crippen LogP contribution is -2.49.